The number of amides is 2. The number of thiazole rings is 1. The molecule has 0 unspecified atom stereocenters. The summed E-state index contributed by atoms with van der Waals surface area (Å²) in [6.07, 6.45) is 0.825. The van der Waals surface area contributed by atoms with Crippen molar-refractivity contribution in [1.82, 2.24) is 9.97 Å². The van der Waals surface area contributed by atoms with Crippen LogP contribution in [0.4, 0.5) is 15.6 Å². The molecule has 0 aliphatic heterocycles. The highest BCUT2D eigenvalue weighted by Gasteiger charge is 2.30. The highest BCUT2D eigenvalue weighted by atomic mass is 32.1. The Labute approximate surface area is 177 Å². The van der Waals surface area contributed by atoms with Gasteiger partial charge in [0.1, 0.15) is 16.1 Å². The van der Waals surface area contributed by atoms with E-state index in [0.29, 0.717) is 32.8 Å². The van der Waals surface area contributed by atoms with Gasteiger partial charge in [-0.2, -0.15) is 0 Å². The zero-order chi connectivity index (χ0) is 21.5. The molecule has 9 heteroatoms. The summed E-state index contributed by atoms with van der Waals surface area (Å²) in [6.45, 7) is 5.48. The molecule has 0 atom stereocenters. The fraction of sp³-hybridized carbons (Fsp3) is 0.333. The molecule has 156 valence electrons. The van der Waals surface area contributed by atoms with Gasteiger partial charge < -0.3 is 15.2 Å². The van der Waals surface area contributed by atoms with Crippen molar-refractivity contribution in [2.24, 2.45) is 5.92 Å². The van der Waals surface area contributed by atoms with E-state index in [4.69, 9.17) is 4.74 Å². The van der Waals surface area contributed by atoms with Crippen LogP contribution in [0.5, 0.6) is 11.6 Å². The predicted octanol–water partition coefficient (Wildman–Crippen LogP) is 5.12. The second-order valence-electron chi connectivity index (χ2n) is 8.14. The van der Waals surface area contributed by atoms with Gasteiger partial charge in [-0.05, 0) is 51.8 Å². The SMILES string of the molecule is CC(C)(C)N(C(=O)O)c1cccc(Oc2ccc3nc(NC(=O)C4CC4)sc3n2)c1. The predicted molar refractivity (Wildman–Crippen MR) is 116 cm³/mol. The number of hydrogen-bond acceptors (Lipinski definition) is 6. The third-order valence-electron chi connectivity index (χ3n) is 4.57. The lowest BCUT2D eigenvalue weighted by Crippen LogP contribution is -2.45. The Hall–Kier alpha value is -3.20. The molecule has 3 aromatic rings. The zero-order valence-corrected chi connectivity index (χ0v) is 17.7. The van der Waals surface area contributed by atoms with Gasteiger partial charge in [0.05, 0.1) is 5.69 Å². The van der Waals surface area contributed by atoms with Gasteiger partial charge in [-0.15, -0.1) is 0 Å². The number of carbonyl (C=O) groups excluding carboxylic acids is 1. The molecule has 1 saturated carbocycles. The summed E-state index contributed by atoms with van der Waals surface area (Å²) in [4.78, 5) is 34.5. The molecule has 2 aromatic heterocycles. The molecule has 0 saturated heterocycles. The number of aromatic nitrogens is 2. The Morgan fingerprint density at radius 3 is 2.63 bits per heavy atom. The second-order valence-corrected chi connectivity index (χ2v) is 9.12. The maximum atomic E-state index is 11.9. The van der Waals surface area contributed by atoms with Crippen LogP contribution >= 0.6 is 11.3 Å². The Morgan fingerprint density at radius 2 is 1.97 bits per heavy atom. The maximum absolute atomic E-state index is 11.9. The van der Waals surface area contributed by atoms with Crippen molar-refractivity contribution in [1.29, 1.82) is 0 Å². The standard InChI is InChI=1S/C21H22N4O4S/c1-21(2,3)25(20(27)28)13-5-4-6-14(11-13)29-16-10-9-15-18(23-16)30-19(22-15)24-17(26)12-7-8-12/h4-6,9-12H,7-8H2,1-3H3,(H,27,28)(H,22,24,26). The lowest BCUT2D eigenvalue weighted by molar-refractivity contribution is -0.117. The fourth-order valence-corrected chi connectivity index (χ4v) is 3.89. The highest BCUT2D eigenvalue weighted by molar-refractivity contribution is 7.21. The molecular formula is C21H22N4O4S. The van der Waals surface area contributed by atoms with Gasteiger partial charge >= 0.3 is 6.09 Å². The van der Waals surface area contributed by atoms with Gasteiger partial charge in [-0.1, -0.05) is 17.4 Å². The highest BCUT2D eigenvalue weighted by Crippen LogP contribution is 2.33. The molecule has 4 rings (SSSR count). The minimum absolute atomic E-state index is 0.00387. The van der Waals surface area contributed by atoms with Crippen molar-refractivity contribution < 1.29 is 19.4 Å². The van der Waals surface area contributed by atoms with Gasteiger partial charge in [0, 0.05) is 23.6 Å². The molecule has 1 aliphatic rings. The monoisotopic (exact) mass is 426 g/mol. The van der Waals surface area contributed by atoms with Crippen molar-refractivity contribution in [2.45, 2.75) is 39.2 Å². The van der Waals surface area contributed by atoms with Crippen molar-refractivity contribution in [2.75, 3.05) is 10.2 Å². The first-order valence-electron chi connectivity index (χ1n) is 9.60. The number of pyridine rings is 1. The molecular weight excluding hydrogens is 404 g/mol. The molecule has 1 aliphatic carbocycles. The molecule has 2 N–H and O–H groups in total. The smallest absolute Gasteiger partial charge is 0.412 e. The topological polar surface area (TPSA) is 105 Å². The van der Waals surface area contributed by atoms with Crippen LogP contribution in [-0.2, 0) is 4.79 Å². The first-order valence-corrected chi connectivity index (χ1v) is 10.4. The van der Waals surface area contributed by atoms with Crippen molar-refractivity contribution in [3.63, 3.8) is 0 Å². The van der Waals surface area contributed by atoms with E-state index in [9.17, 15) is 14.7 Å². The zero-order valence-electron chi connectivity index (χ0n) is 16.9. The third-order valence-corrected chi connectivity index (χ3v) is 5.45. The van der Waals surface area contributed by atoms with Crippen LogP contribution < -0.4 is 15.0 Å². The average molecular weight is 426 g/mol. The maximum Gasteiger partial charge on any atom is 0.412 e. The number of benzene rings is 1. The summed E-state index contributed by atoms with van der Waals surface area (Å²) in [6, 6.07) is 10.3. The van der Waals surface area contributed by atoms with Crippen LogP contribution in [0.2, 0.25) is 0 Å². The lowest BCUT2D eigenvalue weighted by atomic mass is 10.1. The molecule has 0 radical (unpaired) electrons. The fourth-order valence-electron chi connectivity index (χ4n) is 3.05. The summed E-state index contributed by atoms with van der Waals surface area (Å²) in [5.41, 5.74) is 0.583. The second kappa shape index (κ2) is 7.56. The molecule has 2 heterocycles. The van der Waals surface area contributed by atoms with E-state index in [1.165, 1.54) is 16.2 Å². The number of carbonyl (C=O) groups is 2. The number of hydrogen-bond donors (Lipinski definition) is 2. The largest absolute Gasteiger partial charge is 0.465 e. The summed E-state index contributed by atoms with van der Waals surface area (Å²) >= 11 is 1.29. The average Bonchev–Trinajstić information content (AvgIpc) is 3.42. The molecule has 30 heavy (non-hydrogen) atoms. The first kappa shape index (κ1) is 20.1. The normalized spacial score (nSPS) is 13.8. The summed E-state index contributed by atoms with van der Waals surface area (Å²) in [7, 11) is 0. The van der Waals surface area contributed by atoms with Crippen molar-refractivity contribution in [3.05, 3.63) is 36.4 Å². The minimum atomic E-state index is -1.04. The van der Waals surface area contributed by atoms with E-state index in [2.05, 4.69) is 15.3 Å². The number of anilines is 2. The molecule has 1 aromatic carbocycles. The van der Waals surface area contributed by atoms with Crippen molar-refractivity contribution >= 4 is 44.5 Å². The summed E-state index contributed by atoms with van der Waals surface area (Å²) in [5.74, 6) is 0.946. The van der Waals surface area contributed by atoms with Gasteiger partial charge in [0.2, 0.25) is 11.8 Å². The number of nitrogens with zero attached hydrogens (tertiary/aromatic N) is 3. The van der Waals surface area contributed by atoms with Crippen LogP contribution in [0.1, 0.15) is 33.6 Å². The number of nitrogens with one attached hydrogen (secondary N) is 1. The number of carboxylic acid groups (broad SMARTS) is 1. The van der Waals surface area contributed by atoms with E-state index in [-0.39, 0.29) is 11.8 Å². The molecule has 2 amide bonds. The summed E-state index contributed by atoms with van der Waals surface area (Å²) < 4.78 is 5.87. The molecule has 8 nitrogen and oxygen atoms in total. The lowest BCUT2D eigenvalue weighted by Gasteiger charge is -2.33. The van der Waals surface area contributed by atoms with Gasteiger partial charge in [0.25, 0.3) is 0 Å². The van der Waals surface area contributed by atoms with Gasteiger partial charge in [-0.25, -0.2) is 14.8 Å². The van der Waals surface area contributed by atoms with E-state index >= 15 is 0 Å². The van der Waals surface area contributed by atoms with Gasteiger partial charge in [-0.3, -0.25) is 9.69 Å². The van der Waals surface area contributed by atoms with E-state index < -0.39 is 11.6 Å². The Bertz CT molecular complexity index is 1120. The van der Waals surface area contributed by atoms with E-state index in [1.54, 1.807) is 36.4 Å². The number of fused-ring (bicyclic) bond motifs is 1. The van der Waals surface area contributed by atoms with Crippen LogP contribution in [0.15, 0.2) is 36.4 Å². The minimum Gasteiger partial charge on any atom is -0.465 e. The van der Waals surface area contributed by atoms with E-state index in [0.717, 1.165) is 12.8 Å². The third kappa shape index (κ3) is 4.35. The molecule has 0 bridgehead atoms. The number of ether oxygens (including phenoxy) is 1. The quantitative estimate of drug-likeness (QED) is 0.587. The van der Waals surface area contributed by atoms with Crippen LogP contribution in [0, 0.1) is 5.92 Å². The molecule has 1 fully saturated rings. The van der Waals surface area contributed by atoms with Crippen molar-refractivity contribution in [3.8, 4) is 11.6 Å². The summed E-state index contributed by atoms with van der Waals surface area (Å²) in [5, 5.41) is 13.0. The molecule has 0 spiro atoms. The Kier molecular flexibility index (Phi) is 5.07. The van der Waals surface area contributed by atoms with Crippen LogP contribution in [0.25, 0.3) is 10.3 Å². The van der Waals surface area contributed by atoms with Crippen LogP contribution in [0.3, 0.4) is 0 Å². The van der Waals surface area contributed by atoms with Crippen LogP contribution in [-0.4, -0.2) is 32.6 Å². The first-order chi connectivity index (χ1) is 14.2. The Morgan fingerprint density at radius 1 is 1.20 bits per heavy atom. The van der Waals surface area contributed by atoms with Gasteiger partial charge in [0.15, 0.2) is 5.13 Å². The Balaban J connectivity index is 1.55. The van der Waals surface area contributed by atoms with E-state index in [1.807, 2.05) is 20.8 Å². The number of rotatable bonds is 5.